The molecule has 0 saturated heterocycles. The monoisotopic (exact) mass is 470 g/mol. The van der Waals surface area contributed by atoms with Crippen LogP contribution in [0, 0.1) is 10.1 Å². The number of nitrogens with zero attached hydrogens (tertiary/aromatic N) is 3. The Bertz CT molecular complexity index is 1010. The maximum Gasteiger partial charge on any atom is 0.410 e. The van der Waals surface area contributed by atoms with Gasteiger partial charge in [0.25, 0.3) is 5.69 Å². The van der Waals surface area contributed by atoms with Gasteiger partial charge >= 0.3 is 6.09 Å². The van der Waals surface area contributed by atoms with E-state index in [1.807, 2.05) is 0 Å². The highest BCUT2D eigenvalue weighted by atomic mass is 35.5. The van der Waals surface area contributed by atoms with Crippen molar-refractivity contribution >= 4 is 46.7 Å². The second kappa shape index (κ2) is 9.80. The van der Waals surface area contributed by atoms with Crippen molar-refractivity contribution in [2.24, 2.45) is 0 Å². The zero-order valence-corrected chi connectivity index (χ0v) is 18.7. The van der Waals surface area contributed by atoms with E-state index in [9.17, 15) is 19.7 Å². The predicted molar refractivity (Wildman–Crippen MR) is 115 cm³/mol. The van der Waals surface area contributed by atoms with Crippen LogP contribution < -0.4 is 10.1 Å². The van der Waals surface area contributed by atoms with E-state index in [4.69, 9.17) is 32.7 Å². The number of halogens is 2. The van der Waals surface area contributed by atoms with Gasteiger partial charge < -0.3 is 19.7 Å². The molecule has 1 aromatic carbocycles. The second-order valence-electron chi connectivity index (χ2n) is 7.33. The maximum atomic E-state index is 12.2. The highest BCUT2D eigenvalue weighted by Crippen LogP contribution is 2.40. The molecule has 1 heterocycles. The molecular weight excluding hydrogens is 451 g/mol. The summed E-state index contributed by atoms with van der Waals surface area (Å²) in [6, 6.07) is 5.38. The largest absolute Gasteiger partial charge is 0.456 e. The molecule has 0 aliphatic heterocycles. The van der Waals surface area contributed by atoms with Crippen LogP contribution in [0.3, 0.4) is 0 Å². The number of amides is 2. The number of aromatic nitrogens is 1. The molecule has 2 aromatic rings. The average Bonchev–Trinajstić information content (AvgIpc) is 2.64. The average molecular weight is 471 g/mol. The molecule has 0 radical (unpaired) electrons. The number of carbonyl (C=O) groups is 2. The number of likely N-dealkylation sites (N-methyl/N-ethyl adjacent to an activating group) is 1. The molecule has 0 saturated carbocycles. The number of hydrogen-bond donors (Lipinski definition) is 1. The highest BCUT2D eigenvalue weighted by molar-refractivity contribution is 6.44. The molecule has 1 aromatic heterocycles. The Morgan fingerprint density at radius 1 is 1.23 bits per heavy atom. The Morgan fingerprint density at radius 2 is 1.90 bits per heavy atom. The first kappa shape index (κ1) is 24.2. The van der Waals surface area contributed by atoms with Gasteiger partial charge in [-0.2, -0.15) is 0 Å². The number of nitrogens with one attached hydrogen (secondary N) is 1. The fourth-order valence-electron chi connectivity index (χ4n) is 2.21. The van der Waals surface area contributed by atoms with Gasteiger partial charge in [-0.15, -0.1) is 0 Å². The van der Waals surface area contributed by atoms with Crippen LogP contribution in [-0.4, -0.2) is 46.0 Å². The van der Waals surface area contributed by atoms with E-state index in [0.717, 1.165) is 4.90 Å². The van der Waals surface area contributed by atoms with Gasteiger partial charge in [0.1, 0.15) is 39.5 Å². The van der Waals surface area contributed by atoms with Gasteiger partial charge in [0.05, 0.1) is 4.92 Å². The summed E-state index contributed by atoms with van der Waals surface area (Å²) in [5, 5.41) is 13.1. The number of anilines is 1. The number of nitro groups is 1. The van der Waals surface area contributed by atoms with Gasteiger partial charge in [0, 0.05) is 25.4 Å². The minimum absolute atomic E-state index is 0.0883. The van der Waals surface area contributed by atoms with Crippen LogP contribution in [0.2, 0.25) is 10.0 Å². The molecule has 0 unspecified atom stereocenters. The van der Waals surface area contributed by atoms with Gasteiger partial charge in [-0.25, -0.2) is 9.78 Å². The predicted octanol–water partition coefficient (Wildman–Crippen LogP) is 4.89. The molecule has 2 amide bonds. The first-order valence-corrected chi connectivity index (χ1v) is 9.63. The number of rotatable bonds is 6. The quantitative estimate of drug-likeness (QED) is 0.470. The molecule has 10 nitrogen and oxygen atoms in total. The van der Waals surface area contributed by atoms with E-state index >= 15 is 0 Å². The molecule has 31 heavy (non-hydrogen) atoms. The number of benzene rings is 1. The van der Waals surface area contributed by atoms with Gasteiger partial charge in [0.2, 0.25) is 5.91 Å². The van der Waals surface area contributed by atoms with Crippen molar-refractivity contribution in [3.63, 3.8) is 0 Å². The topological polar surface area (TPSA) is 124 Å². The molecule has 0 bridgehead atoms. The maximum absolute atomic E-state index is 12.2. The second-order valence-corrected chi connectivity index (χ2v) is 8.09. The van der Waals surface area contributed by atoms with Crippen LogP contribution in [0.25, 0.3) is 0 Å². The summed E-state index contributed by atoms with van der Waals surface area (Å²) in [4.78, 5) is 39.6. The zero-order valence-electron chi connectivity index (χ0n) is 17.1. The van der Waals surface area contributed by atoms with Crippen LogP contribution in [-0.2, 0) is 9.53 Å². The number of pyridine rings is 1. The molecule has 12 heteroatoms. The van der Waals surface area contributed by atoms with Crippen molar-refractivity contribution in [1.29, 1.82) is 0 Å². The minimum Gasteiger partial charge on any atom is -0.456 e. The van der Waals surface area contributed by atoms with Crippen LogP contribution in [0.5, 0.6) is 11.5 Å². The summed E-state index contributed by atoms with van der Waals surface area (Å²) in [6.07, 6.45) is 0.737. The van der Waals surface area contributed by atoms with E-state index in [2.05, 4.69) is 10.3 Å². The fourth-order valence-corrected chi connectivity index (χ4v) is 2.64. The van der Waals surface area contributed by atoms with Crippen molar-refractivity contribution in [1.82, 2.24) is 9.88 Å². The van der Waals surface area contributed by atoms with Crippen LogP contribution in [0.1, 0.15) is 20.8 Å². The molecular formula is C19H20Cl2N4O6. The third-order valence-corrected chi connectivity index (χ3v) is 4.39. The smallest absolute Gasteiger partial charge is 0.410 e. The van der Waals surface area contributed by atoms with Gasteiger partial charge in [-0.1, -0.05) is 23.2 Å². The molecule has 0 spiro atoms. The number of carbonyl (C=O) groups excluding carboxylic acids is 2. The summed E-state index contributed by atoms with van der Waals surface area (Å²) in [5.74, 6) is -0.0124. The van der Waals surface area contributed by atoms with E-state index in [1.165, 1.54) is 37.5 Å². The lowest BCUT2D eigenvalue weighted by atomic mass is 10.2. The van der Waals surface area contributed by atoms with Crippen molar-refractivity contribution in [3.05, 3.63) is 50.6 Å². The zero-order chi connectivity index (χ0) is 23.3. The minimum atomic E-state index is -0.683. The Kier molecular flexibility index (Phi) is 7.64. The molecule has 2 rings (SSSR count). The normalized spacial score (nSPS) is 10.9. The Labute approximate surface area is 188 Å². The van der Waals surface area contributed by atoms with Crippen LogP contribution in [0.15, 0.2) is 30.5 Å². The lowest BCUT2D eigenvalue weighted by Gasteiger charge is -2.24. The first-order chi connectivity index (χ1) is 14.4. The summed E-state index contributed by atoms with van der Waals surface area (Å²) < 4.78 is 10.8. The van der Waals surface area contributed by atoms with Crippen molar-refractivity contribution in [3.8, 4) is 11.5 Å². The lowest BCUT2D eigenvalue weighted by molar-refractivity contribution is -0.384. The Hall–Kier alpha value is -3.11. The van der Waals surface area contributed by atoms with E-state index < -0.39 is 22.5 Å². The van der Waals surface area contributed by atoms with Gasteiger partial charge in [-0.3, -0.25) is 14.9 Å². The third-order valence-electron chi connectivity index (χ3n) is 3.54. The first-order valence-electron chi connectivity index (χ1n) is 8.87. The van der Waals surface area contributed by atoms with Gasteiger partial charge in [-0.05, 0) is 32.9 Å². The fraction of sp³-hybridized carbons (Fsp3) is 0.316. The SMILES string of the molecule is CN(CC(=O)Nc1cc(Oc2ccc([N+](=O)[O-])c(Cl)c2Cl)ccn1)C(=O)OC(C)(C)C. The van der Waals surface area contributed by atoms with Crippen molar-refractivity contribution in [2.45, 2.75) is 26.4 Å². The standard InChI is InChI=1S/C19H20Cl2N4O6/c1-19(2,3)31-18(27)24(4)10-15(26)23-14-9-11(7-8-22-14)30-13-6-5-12(25(28)29)16(20)17(13)21/h5-9H,10H2,1-4H3,(H,22,23,26). The van der Waals surface area contributed by atoms with Crippen molar-refractivity contribution in [2.75, 3.05) is 18.9 Å². The Morgan fingerprint density at radius 3 is 2.52 bits per heavy atom. The summed E-state index contributed by atoms with van der Waals surface area (Å²) >= 11 is 12.0. The number of ether oxygens (including phenoxy) is 2. The highest BCUT2D eigenvalue weighted by Gasteiger charge is 2.22. The third kappa shape index (κ3) is 6.97. The Balaban J connectivity index is 2.06. The molecule has 0 fully saturated rings. The van der Waals surface area contributed by atoms with Crippen molar-refractivity contribution < 1.29 is 24.0 Å². The van der Waals surface area contributed by atoms with Crippen LogP contribution in [0.4, 0.5) is 16.3 Å². The molecule has 0 aliphatic rings. The summed E-state index contributed by atoms with van der Waals surface area (Å²) in [7, 11) is 1.43. The number of hydrogen-bond acceptors (Lipinski definition) is 7. The molecule has 166 valence electrons. The van der Waals surface area contributed by atoms with E-state index in [1.54, 1.807) is 20.8 Å². The van der Waals surface area contributed by atoms with E-state index in [-0.39, 0.29) is 39.6 Å². The summed E-state index contributed by atoms with van der Waals surface area (Å²) in [6.45, 7) is 4.90. The molecule has 1 N–H and O–H groups in total. The van der Waals surface area contributed by atoms with Gasteiger partial charge in [0.15, 0.2) is 0 Å². The number of nitro benzene ring substituents is 1. The van der Waals surface area contributed by atoms with E-state index in [0.29, 0.717) is 0 Å². The van der Waals surface area contributed by atoms with Crippen LogP contribution >= 0.6 is 23.2 Å². The lowest BCUT2D eigenvalue weighted by Crippen LogP contribution is -2.38. The summed E-state index contributed by atoms with van der Waals surface area (Å²) in [5.41, 5.74) is -1.03. The molecule has 0 aliphatic carbocycles. The molecule has 0 atom stereocenters.